The fourth-order valence-electron chi connectivity index (χ4n) is 2.70. The summed E-state index contributed by atoms with van der Waals surface area (Å²) in [6.45, 7) is 2.08. The Hall–Kier alpha value is -3.06. The van der Waals surface area contributed by atoms with Crippen LogP contribution in [0.2, 0.25) is 0 Å². The molecule has 3 rings (SSSR count). The molecule has 0 aliphatic rings. The average Bonchev–Trinajstić information content (AvgIpc) is 3.05. The molecule has 2 aromatic carbocycles. The van der Waals surface area contributed by atoms with E-state index < -0.39 is 5.97 Å². The first kappa shape index (κ1) is 18.7. The van der Waals surface area contributed by atoms with E-state index in [1.54, 1.807) is 12.1 Å². The molecule has 0 spiro atoms. The van der Waals surface area contributed by atoms with Crippen molar-refractivity contribution in [3.63, 3.8) is 0 Å². The van der Waals surface area contributed by atoms with Gasteiger partial charge in [-0.15, -0.1) is 11.3 Å². The van der Waals surface area contributed by atoms with Crippen molar-refractivity contribution in [3.05, 3.63) is 52.9 Å². The molecule has 1 heterocycles. The fourth-order valence-corrected chi connectivity index (χ4v) is 3.77. The van der Waals surface area contributed by atoms with Crippen LogP contribution >= 0.6 is 11.3 Å². The maximum absolute atomic E-state index is 12.3. The standard InChI is InChI=1S/C20H20N2O4S/c1-4-12-5-7-13(8-6-12)21-20(24)22-14-9-10-16-15(11-14)17(25-2)18(27-16)19(23)26-3/h5-11H,4H2,1-3H3,(H2,21,22,24). The van der Waals surface area contributed by atoms with Crippen LogP contribution in [-0.4, -0.2) is 26.2 Å². The zero-order valence-corrected chi connectivity index (χ0v) is 16.1. The number of benzene rings is 2. The van der Waals surface area contributed by atoms with Gasteiger partial charge in [-0.05, 0) is 42.3 Å². The van der Waals surface area contributed by atoms with E-state index in [0.717, 1.165) is 16.5 Å². The molecule has 0 atom stereocenters. The molecule has 6 nitrogen and oxygen atoms in total. The molecule has 0 aliphatic heterocycles. The molecule has 140 valence electrons. The molecule has 0 radical (unpaired) electrons. The van der Waals surface area contributed by atoms with Crippen LogP contribution in [0.1, 0.15) is 22.2 Å². The van der Waals surface area contributed by atoms with Gasteiger partial charge in [-0.3, -0.25) is 0 Å². The normalized spacial score (nSPS) is 10.5. The van der Waals surface area contributed by atoms with Crippen LogP contribution in [0.3, 0.4) is 0 Å². The van der Waals surface area contributed by atoms with Crippen LogP contribution in [0.25, 0.3) is 10.1 Å². The lowest BCUT2D eigenvalue weighted by Gasteiger charge is -2.09. The first-order valence-electron chi connectivity index (χ1n) is 8.41. The smallest absolute Gasteiger partial charge is 0.351 e. The van der Waals surface area contributed by atoms with Crippen molar-refractivity contribution in [3.8, 4) is 5.75 Å². The minimum Gasteiger partial charge on any atom is -0.494 e. The SMILES string of the molecule is CCc1ccc(NC(=O)Nc2ccc3sc(C(=O)OC)c(OC)c3c2)cc1. The van der Waals surface area contributed by atoms with E-state index in [0.29, 0.717) is 22.0 Å². The van der Waals surface area contributed by atoms with Gasteiger partial charge in [0, 0.05) is 21.5 Å². The number of esters is 1. The fraction of sp³-hybridized carbons (Fsp3) is 0.200. The van der Waals surface area contributed by atoms with Crippen molar-refractivity contribution in [1.82, 2.24) is 0 Å². The summed E-state index contributed by atoms with van der Waals surface area (Å²) < 4.78 is 11.0. The summed E-state index contributed by atoms with van der Waals surface area (Å²) in [6, 6.07) is 12.7. The monoisotopic (exact) mass is 384 g/mol. The zero-order valence-electron chi connectivity index (χ0n) is 15.3. The molecule has 0 saturated carbocycles. The summed E-state index contributed by atoms with van der Waals surface area (Å²) >= 11 is 1.29. The Balaban J connectivity index is 1.79. The molecule has 2 N–H and O–H groups in total. The van der Waals surface area contributed by atoms with Crippen LogP contribution < -0.4 is 15.4 Å². The van der Waals surface area contributed by atoms with E-state index in [9.17, 15) is 9.59 Å². The number of fused-ring (bicyclic) bond motifs is 1. The Kier molecular flexibility index (Phi) is 5.61. The number of carbonyl (C=O) groups excluding carboxylic acids is 2. The van der Waals surface area contributed by atoms with Crippen molar-refractivity contribution < 1.29 is 19.1 Å². The number of thiophene rings is 1. The summed E-state index contributed by atoms with van der Waals surface area (Å²) in [5.41, 5.74) is 2.52. The number of urea groups is 1. The van der Waals surface area contributed by atoms with Gasteiger partial charge in [0.2, 0.25) is 0 Å². The van der Waals surface area contributed by atoms with E-state index in [4.69, 9.17) is 9.47 Å². The van der Waals surface area contributed by atoms with Gasteiger partial charge in [-0.2, -0.15) is 0 Å². The summed E-state index contributed by atoms with van der Waals surface area (Å²) in [4.78, 5) is 24.6. The number of hydrogen-bond donors (Lipinski definition) is 2. The minimum absolute atomic E-state index is 0.346. The minimum atomic E-state index is -0.448. The van der Waals surface area contributed by atoms with E-state index in [1.807, 2.05) is 30.3 Å². The first-order valence-corrected chi connectivity index (χ1v) is 9.23. The highest BCUT2D eigenvalue weighted by molar-refractivity contribution is 7.21. The molecule has 27 heavy (non-hydrogen) atoms. The molecule has 2 amide bonds. The molecule has 0 aliphatic carbocycles. The third kappa shape index (κ3) is 4.03. The van der Waals surface area contributed by atoms with Gasteiger partial charge in [0.05, 0.1) is 14.2 Å². The lowest BCUT2D eigenvalue weighted by atomic mass is 10.1. The number of aryl methyl sites for hydroxylation is 1. The Labute approximate surface area is 161 Å². The number of methoxy groups -OCH3 is 2. The molecule has 0 bridgehead atoms. The van der Waals surface area contributed by atoms with Crippen molar-refractivity contribution in [2.45, 2.75) is 13.3 Å². The van der Waals surface area contributed by atoms with Gasteiger partial charge in [-0.25, -0.2) is 9.59 Å². The molecular weight excluding hydrogens is 364 g/mol. The van der Waals surface area contributed by atoms with Gasteiger partial charge in [0.15, 0.2) is 10.6 Å². The van der Waals surface area contributed by atoms with Crippen molar-refractivity contribution in [2.75, 3.05) is 24.9 Å². The van der Waals surface area contributed by atoms with Gasteiger partial charge in [0.25, 0.3) is 0 Å². The predicted octanol–water partition coefficient (Wildman–Crippen LogP) is 4.90. The molecule has 3 aromatic rings. The molecular formula is C20H20N2O4S. The summed E-state index contributed by atoms with van der Waals surface area (Å²) in [5, 5.41) is 6.34. The van der Waals surface area contributed by atoms with E-state index in [-0.39, 0.29) is 6.03 Å². The lowest BCUT2D eigenvalue weighted by Crippen LogP contribution is -2.19. The highest BCUT2D eigenvalue weighted by Crippen LogP contribution is 2.39. The van der Waals surface area contributed by atoms with Crippen molar-refractivity contribution in [1.29, 1.82) is 0 Å². The summed E-state index contributed by atoms with van der Waals surface area (Å²) in [5.74, 6) is -0.00288. The number of hydrogen-bond acceptors (Lipinski definition) is 5. The van der Waals surface area contributed by atoms with Crippen LogP contribution in [0, 0.1) is 0 Å². The topological polar surface area (TPSA) is 76.7 Å². The second-order valence-corrected chi connectivity index (χ2v) is 6.85. The van der Waals surface area contributed by atoms with Crippen LogP contribution in [0.4, 0.5) is 16.2 Å². The highest BCUT2D eigenvalue weighted by Gasteiger charge is 2.20. The number of amides is 2. The van der Waals surface area contributed by atoms with Gasteiger partial charge in [0.1, 0.15) is 0 Å². The van der Waals surface area contributed by atoms with Crippen molar-refractivity contribution >= 4 is 44.8 Å². The van der Waals surface area contributed by atoms with Crippen LogP contribution in [0.5, 0.6) is 5.75 Å². The average molecular weight is 384 g/mol. The number of carbonyl (C=O) groups is 2. The Bertz CT molecular complexity index is 980. The number of anilines is 2. The van der Waals surface area contributed by atoms with E-state index in [1.165, 1.54) is 31.1 Å². The Morgan fingerprint density at radius 2 is 1.67 bits per heavy atom. The second kappa shape index (κ2) is 8.09. The van der Waals surface area contributed by atoms with Gasteiger partial charge in [-0.1, -0.05) is 19.1 Å². The maximum Gasteiger partial charge on any atom is 0.351 e. The van der Waals surface area contributed by atoms with Crippen LogP contribution in [0.15, 0.2) is 42.5 Å². The maximum atomic E-state index is 12.3. The molecule has 7 heteroatoms. The lowest BCUT2D eigenvalue weighted by molar-refractivity contribution is 0.0603. The van der Waals surface area contributed by atoms with E-state index >= 15 is 0 Å². The third-order valence-corrected chi connectivity index (χ3v) is 5.23. The summed E-state index contributed by atoms with van der Waals surface area (Å²) in [6.07, 6.45) is 0.947. The van der Waals surface area contributed by atoms with E-state index in [2.05, 4.69) is 17.6 Å². The zero-order chi connectivity index (χ0) is 19.4. The number of ether oxygens (including phenoxy) is 2. The van der Waals surface area contributed by atoms with Gasteiger partial charge >= 0.3 is 12.0 Å². The van der Waals surface area contributed by atoms with Gasteiger partial charge < -0.3 is 20.1 Å². The molecule has 0 unspecified atom stereocenters. The van der Waals surface area contributed by atoms with Crippen LogP contribution in [-0.2, 0) is 11.2 Å². The highest BCUT2D eigenvalue weighted by atomic mass is 32.1. The predicted molar refractivity (Wildman–Crippen MR) is 108 cm³/mol. The quantitative estimate of drug-likeness (QED) is 0.613. The third-order valence-electron chi connectivity index (χ3n) is 4.10. The molecule has 0 fully saturated rings. The first-order chi connectivity index (χ1) is 13.0. The second-order valence-electron chi connectivity index (χ2n) is 5.80. The Morgan fingerprint density at radius 3 is 2.30 bits per heavy atom. The molecule has 1 aromatic heterocycles. The van der Waals surface area contributed by atoms with Crippen molar-refractivity contribution in [2.24, 2.45) is 0 Å². The largest absolute Gasteiger partial charge is 0.494 e. The number of rotatable bonds is 5. The molecule has 0 saturated heterocycles. The Morgan fingerprint density at radius 1 is 1.00 bits per heavy atom. The summed E-state index contributed by atoms with van der Waals surface area (Å²) in [7, 11) is 2.83. The number of nitrogens with one attached hydrogen (secondary N) is 2.